The predicted octanol–water partition coefficient (Wildman–Crippen LogP) is 4.72. The van der Waals surface area contributed by atoms with Gasteiger partial charge in [-0.15, -0.1) is 11.8 Å². The SMILES string of the molecule is CC(=O)Nc1ccc(C2=C(SC(C)C)C(=O)N(Cc3ccc(Cl)cc3)C2=O)cc1. The maximum Gasteiger partial charge on any atom is 0.268 e. The first kappa shape index (κ1) is 21.1. The van der Waals surface area contributed by atoms with Crippen LogP contribution in [-0.2, 0) is 20.9 Å². The van der Waals surface area contributed by atoms with E-state index in [1.54, 1.807) is 48.5 Å². The van der Waals surface area contributed by atoms with Crippen LogP contribution in [0.2, 0.25) is 5.02 Å². The monoisotopic (exact) mass is 428 g/mol. The van der Waals surface area contributed by atoms with E-state index in [-0.39, 0.29) is 29.5 Å². The quantitative estimate of drug-likeness (QED) is 0.676. The number of benzene rings is 2. The molecule has 2 aromatic rings. The van der Waals surface area contributed by atoms with Gasteiger partial charge in [0.2, 0.25) is 5.91 Å². The van der Waals surface area contributed by atoms with Crippen LogP contribution in [0.15, 0.2) is 53.4 Å². The lowest BCUT2D eigenvalue weighted by Gasteiger charge is -2.15. The van der Waals surface area contributed by atoms with Crippen molar-refractivity contribution in [1.29, 1.82) is 0 Å². The van der Waals surface area contributed by atoms with E-state index in [0.29, 0.717) is 26.8 Å². The lowest BCUT2D eigenvalue weighted by atomic mass is 10.1. The summed E-state index contributed by atoms with van der Waals surface area (Å²) in [6.07, 6.45) is 0. The van der Waals surface area contributed by atoms with Gasteiger partial charge in [0.05, 0.1) is 17.0 Å². The van der Waals surface area contributed by atoms with Crippen LogP contribution in [-0.4, -0.2) is 27.9 Å². The average Bonchev–Trinajstić information content (AvgIpc) is 2.88. The molecule has 0 aliphatic carbocycles. The summed E-state index contributed by atoms with van der Waals surface area (Å²) in [5.41, 5.74) is 2.51. The second-order valence-corrected chi connectivity index (χ2v) is 8.98. The van der Waals surface area contributed by atoms with E-state index >= 15 is 0 Å². The number of halogens is 1. The third-order valence-electron chi connectivity index (χ3n) is 4.23. The van der Waals surface area contributed by atoms with Gasteiger partial charge >= 0.3 is 0 Å². The number of carbonyl (C=O) groups is 3. The fourth-order valence-electron chi connectivity index (χ4n) is 2.99. The van der Waals surface area contributed by atoms with Crippen molar-refractivity contribution < 1.29 is 14.4 Å². The fraction of sp³-hybridized carbons (Fsp3) is 0.227. The van der Waals surface area contributed by atoms with E-state index in [2.05, 4.69) is 5.32 Å². The largest absolute Gasteiger partial charge is 0.326 e. The van der Waals surface area contributed by atoms with Crippen molar-refractivity contribution in [3.8, 4) is 0 Å². The minimum Gasteiger partial charge on any atom is -0.326 e. The molecular weight excluding hydrogens is 408 g/mol. The molecule has 0 atom stereocenters. The van der Waals surface area contributed by atoms with Crippen LogP contribution in [0.1, 0.15) is 31.9 Å². The molecule has 0 aromatic heterocycles. The van der Waals surface area contributed by atoms with Crippen LogP contribution in [0.25, 0.3) is 5.57 Å². The maximum atomic E-state index is 13.2. The van der Waals surface area contributed by atoms with Crippen LogP contribution < -0.4 is 5.32 Å². The Morgan fingerprint density at radius 3 is 2.21 bits per heavy atom. The number of thioether (sulfide) groups is 1. The lowest BCUT2D eigenvalue weighted by molar-refractivity contribution is -0.137. The van der Waals surface area contributed by atoms with Crippen molar-refractivity contribution in [3.05, 3.63) is 69.6 Å². The highest BCUT2D eigenvalue weighted by atomic mass is 35.5. The van der Waals surface area contributed by atoms with Crippen molar-refractivity contribution in [3.63, 3.8) is 0 Å². The number of rotatable bonds is 6. The Bertz CT molecular complexity index is 982. The van der Waals surface area contributed by atoms with Gasteiger partial charge in [0.1, 0.15) is 0 Å². The molecule has 29 heavy (non-hydrogen) atoms. The summed E-state index contributed by atoms with van der Waals surface area (Å²) in [6, 6.07) is 14.0. The Kier molecular flexibility index (Phi) is 6.45. The number of anilines is 1. The molecule has 7 heteroatoms. The Labute approximate surface area is 179 Å². The first-order valence-corrected chi connectivity index (χ1v) is 10.4. The highest BCUT2D eigenvalue weighted by molar-refractivity contribution is 8.04. The molecule has 0 fully saturated rings. The molecule has 0 bridgehead atoms. The zero-order valence-electron chi connectivity index (χ0n) is 16.4. The van der Waals surface area contributed by atoms with E-state index in [0.717, 1.165) is 5.56 Å². The van der Waals surface area contributed by atoms with E-state index in [1.807, 2.05) is 13.8 Å². The zero-order valence-corrected chi connectivity index (χ0v) is 17.9. The molecule has 0 radical (unpaired) electrons. The summed E-state index contributed by atoms with van der Waals surface area (Å²) >= 11 is 7.31. The number of nitrogens with one attached hydrogen (secondary N) is 1. The summed E-state index contributed by atoms with van der Waals surface area (Å²) < 4.78 is 0. The number of hydrogen-bond donors (Lipinski definition) is 1. The second kappa shape index (κ2) is 8.84. The van der Waals surface area contributed by atoms with Gasteiger partial charge in [-0.1, -0.05) is 49.7 Å². The Morgan fingerprint density at radius 1 is 1.03 bits per heavy atom. The molecule has 0 saturated heterocycles. The van der Waals surface area contributed by atoms with E-state index < -0.39 is 0 Å². The van der Waals surface area contributed by atoms with Crippen LogP contribution in [0.4, 0.5) is 5.69 Å². The minimum atomic E-state index is -0.319. The first-order valence-electron chi connectivity index (χ1n) is 9.16. The molecule has 3 rings (SSSR count). The fourth-order valence-corrected chi connectivity index (χ4v) is 4.12. The van der Waals surface area contributed by atoms with Gasteiger partial charge in [-0.25, -0.2) is 0 Å². The molecule has 1 heterocycles. The van der Waals surface area contributed by atoms with Gasteiger partial charge in [-0.3, -0.25) is 19.3 Å². The second-order valence-electron chi connectivity index (χ2n) is 6.95. The molecule has 1 aliphatic rings. The predicted molar refractivity (Wildman–Crippen MR) is 117 cm³/mol. The van der Waals surface area contributed by atoms with E-state index in [4.69, 9.17) is 11.6 Å². The smallest absolute Gasteiger partial charge is 0.268 e. The molecule has 0 saturated carbocycles. The summed E-state index contributed by atoms with van der Waals surface area (Å²) in [5, 5.41) is 3.44. The summed E-state index contributed by atoms with van der Waals surface area (Å²) in [4.78, 5) is 39.2. The van der Waals surface area contributed by atoms with Crippen molar-refractivity contribution in [1.82, 2.24) is 4.90 Å². The number of carbonyl (C=O) groups excluding carboxylic acids is 3. The van der Waals surface area contributed by atoms with E-state index in [9.17, 15) is 14.4 Å². The van der Waals surface area contributed by atoms with Gasteiger partial charge in [-0.2, -0.15) is 0 Å². The van der Waals surface area contributed by atoms with Crippen LogP contribution in [0, 0.1) is 0 Å². The first-order chi connectivity index (χ1) is 13.8. The summed E-state index contributed by atoms with van der Waals surface area (Å²) in [5.74, 6) is -0.778. The molecule has 2 aromatic carbocycles. The molecular formula is C22H21ClN2O3S. The van der Waals surface area contributed by atoms with Crippen molar-refractivity contribution in [2.75, 3.05) is 5.32 Å². The van der Waals surface area contributed by atoms with E-state index in [1.165, 1.54) is 23.6 Å². The molecule has 1 N–H and O–H groups in total. The lowest BCUT2D eigenvalue weighted by Crippen LogP contribution is -2.31. The Balaban J connectivity index is 1.94. The van der Waals surface area contributed by atoms with Crippen molar-refractivity contribution >= 4 is 52.3 Å². The summed E-state index contributed by atoms with van der Waals surface area (Å²) in [6.45, 7) is 5.58. The topological polar surface area (TPSA) is 66.5 Å². The van der Waals surface area contributed by atoms with Gasteiger partial charge < -0.3 is 5.32 Å². The van der Waals surface area contributed by atoms with Crippen LogP contribution in [0.5, 0.6) is 0 Å². The van der Waals surface area contributed by atoms with Crippen LogP contribution in [0.3, 0.4) is 0 Å². The van der Waals surface area contributed by atoms with Crippen LogP contribution >= 0.6 is 23.4 Å². The highest BCUT2D eigenvalue weighted by Crippen LogP contribution is 2.38. The van der Waals surface area contributed by atoms with Gasteiger partial charge in [0.25, 0.3) is 11.8 Å². The third-order valence-corrected chi connectivity index (χ3v) is 5.56. The number of imide groups is 1. The standard InChI is InChI=1S/C22H21ClN2O3S/c1-13(2)29-20-19(16-6-10-18(11-7-16)24-14(3)26)21(27)25(22(20)28)12-15-4-8-17(23)9-5-15/h4-11,13H,12H2,1-3H3,(H,24,26). The zero-order chi connectivity index (χ0) is 21.1. The van der Waals surface area contributed by atoms with Crippen molar-refractivity contribution in [2.45, 2.75) is 32.6 Å². The van der Waals surface area contributed by atoms with Gasteiger partial charge in [0, 0.05) is 22.9 Å². The molecule has 1 aliphatic heterocycles. The maximum absolute atomic E-state index is 13.2. The normalized spacial score (nSPS) is 14.2. The molecule has 0 unspecified atom stereocenters. The summed E-state index contributed by atoms with van der Waals surface area (Å²) in [7, 11) is 0. The van der Waals surface area contributed by atoms with Crippen molar-refractivity contribution in [2.24, 2.45) is 0 Å². The van der Waals surface area contributed by atoms with Gasteiger partial charge in [0.15, 0.2) is 0 Å². The molecule has 0 spiro atoms. The number of hydrogen-bond acceptors (Lipinski definition) is 4. The Morgan fingerprint density at radius 2 is 1.66 bits per heavy atom. The minimum absolute atomic E-state index is 0.144. The molecule has 3 amide bonds. The Hall–Kier alpha value is -2.57. The average molecular weight is 429 g/mol. The number of nitrogens with zero attached hydrogens (tertiary/aromatic N) is 1. The third kappa shape index (κ3) is 4.89. The molecule has 5 nitrogen and oxygen atoms in total. The van der Waals surface area contributed by atoms with Gasteiger partial charge in [-0.05, 0) is 35.4 Å². The number of amides is 3. The molecule has 150 valence electrons. The highest BCUT2D eigenvalue weighted by Gasteiger charge is 2.39.